The van der Waals surface area contributed by atoms with Crippen molar-refractivity contribution in [1.29, 1.82) is 0 Å². The largest absolute Gasteiger partial charge is 0.315 e. The molecule has 0 aromatic carbocycles. The summed E-state index contributed by atoms with van der Waals surface area (Å²) >= 11 is 0. The van der Waals surface area contributed by atoms with E-state index in [0.29, 0.717) is 19.1 Å². The van der Waals surface area contributed by atoms with Gasteiger partial charge in [0.25, 0.3) is 0 Å². The van der Waals surface area contributed by atoms with E-state index in [4.69, 9.17) is 4.84 Å². The van der Waals surface area contributed by atoms with Crippen LogP contribution in [0.15, 0.2) is 0 Å². The van der Waals surface area contributed by atoms with Crippen molar-refractivity contribution in [3.05, 3.63) is 0 Å². The van der Waals surface area contributed by atoms with E-state index >= 15 is 0 Å². The number of nitrogens with one attached hydrogen (secondary N) is 1. The van der Waals surface area contributed by atoms with E-state index in [-0.39, 0.29) is 5.91 Å². The van der Waals surface area contributed by atoms with Crippen LogP contribution in [0, 0.1) is 0 Å². The molecular formula is C10H20N2O2. The Balaban J connectivity index is 2.03. The summed E-state index contributed by atoms with van der Waals surface area (Å²) < 4.78 is 0. The van der Waals surface area contributed by atoms with E-state index in [1.54, 1.807) is 0 Å². The zero-order valence-electron chi connectivity index (χ0n) is 9.08. The van der Waals surface area contributed by atoms with E-state index in [9.17, 15) is 4.79 Å². The van der Waals surface area contributed by atoms with Gasteiger partial charge in [0.05, 0.1) is 13.2 Å². The quantitative estimate of drug-likeness (QED) is 0.671. The molecule has 1 aliphatic rings. The average Bonchev–Trinajstić information content (AvgIpc) is 2.64. The van der Waals surface area contributed by atoms with E-state index < -0.39 is 0 Å². The van der Waals surface area contributed by atoms with Gasteiger partial charge in [-0.1, -0.05) is 13.8 Å². The second-order valence-corrected chi connectivity index (χ2v) is 3.90. The molecule has 0 unspecified atom stereocenters. The number of rotatable bonds is 5. The SMILES string of the molecule is CC(C)NCCCC(=O)N1CCCO1. The van der Waals surface area contributed by atoms with Crippen molar-refractivity contribution in [2.45, 2.75) is 39.2 Å². The lowest BCUT2D eigenvalue weighted by Gasteiger charge is -2.14. The van der Waals surface area contributed by atoms with Gasteiger partial charge in [0.1, 0.15) is 0 Å². The summed E-state index contributed by atoms with van der Waals surface area (Å²) in [5.74, 6) is 0.119. The topological polar surface area (TPSA) is 41.6 Å². The Labute approximate surface area is 85.6 Å². The second-order valence-electron chi connectivity index (χ2n) is 3.90. The summed E-state index contributed by atoms with van der Waals surface area (Å²) in [6.45, 7) is 6.56. The Morgan fingerprint density at radius 1 is 1.57 bits per heavy atom. The lowest BCUT2D eigenvalue weighted by atomic mass is 10.2. The monoisotopic (exact) mass is 200 g/mol. The zero-order chi connectivity index (χ0) is 10.4. The smallest absolute Gasteiger partial charge is 0.246 e. The highest BCUT2D eigenvalue weighted by molar-refractivity contribution is 5.75. The zero-order valence-corrected chi connectivity index (χ0v) is 9.08. The number of hydroxylamine groups is 2. The van der Waals surface area contributed by atoms with Gasteiger partial charge >= 0.3 is 0 Å². The van der Waals surface area contributed by atoms with Gasteiger partial charge in [0, 0.05) is 12.5 Å². The molecule has 0 aromatic heterocycles. The van der Waals surface area contributed by atoms with Crippen molar-refractivity contribution in [2.24, 2.45) is 0 Å². The van der Waals surface area contributed by atoms with Crippen molar-refractivity contribution >= 4 is 5.91 Å². The predicted molar refractivity (Wildman–Crippen MR) is 54.7 cm³/mol. The minimum atomic E-state index is 0.119. The van der Waals surface area contributed by atoms with Gasteiger partial charge in [-0.25, -0.2) is 5.06 Å². The van der Waals surface area contributed by atoms with Crippen molar-refractivity contribution < 1.29 is 9.63 Å². The Morgan fingerprint density at radius 3 is 2.93 bits per heavy atom. The number of carbonyl (C=O) groups excluding carboxylic acids is 1. The summed E-state index contributed by atoms with van der Waals surface area (Å²) in [6.07, 6.45) is 2.44. The molecule has 0 atom stereocenters. The molecule has 1 fully saturated rings. The second kappa shape index (κ2) is 5.98. The third-order valence-corrected chi connectivity index (χ3v) is 2.15. The molecule has 4 nitrogen and oxygen atoms in total. The molecular weight excluding hydrogens is 180 g/mol. The van der Waals surface area contributed by atoms with Gasteiger partial charge in [-0.15, -0.1) is 0 Å². The van der Waals surface area contributed by atoms with Crippen LogP contribution in [0.25, 0.3) is 0 Å². The van der Waals surface area contributed by atoms with Gasteiger partial charge < -0.3 is 5.32 Å². The van der Waals surface area contributed by atoms with Crippen LogP contribution < -0.4 is 5.32 Å². The van der Waals surface area contributed by atoms with E-state index in [1.165, 1.54) is 5.06 Å². The molecule has 0 saturated carbocycles. The van der Waals surface area contributed by atoms with Gasteiger partial charge in [0.2, 0.25) is 5.91 Å². The first-order valence-electron chi connectivity index (χ1n) is 5.37. The number of amides is 1. The molecule has 14 heavy (non-hydrogen) atoms. The molecule has 1 aliphatic heterocycles. The first-order chi connectivity index (χ1) is 6.70. The predicted octanol–water partition coefficient (Wildman–Crippen LogP) is 0.928. The molecule has 1 rings (SSSR count). The van der Waals surface area contributed by atoms with Crippen molar-refractivity contribution in [1.82, 2.24) is 10.4 Å². The maximum absolute atomic E-state index is 11.5. The Bertz CT molecular complexity index is 177. The van der Waals surface area contributed by atoms with Crippen LogP contribution in [0.5, 0.6) is 0 Å². The third kappa shape index (κ3) is 4.07. The summed E-state index contributed by atoms with van der Waals surface area (Å²) in [5, 5.41) is 4.78. The summed E-state index contributed by atoms with van der Waals surface area (Å²) in [7, 11) is 0. The Hall–Kier alpha value is -0.610. The molecule has 0 aliphatic carbocycles. The highest BCUT2D eigenvalue weighted by atomic mass is 16.7. The summed E-state index contributed by atoms with van der Waals surface area (Å²) in [5.41, 5.74) is 0. The van der Waals surface area contributed by atoms with Gasteiger partial charge in [-0.05, 0) is 19.4 Å². The molecule has 0 spiro atoms. The van der Waals surface area contributed by atoms with Gasteiger partial charge in [-0.3, -0.25) is 9.63 Å². The van der Waals surface area contributed by atoms with Crippen LogP contribution in [0.3, 0.4) is 0 Å². The highest BCUT2D eigenvalue weighted by Crippen LogP contribution is 2.06. The minimum Gasteiger partial charge on any atom is -0.315 e. The maximum Gasteiger partial charge on any atom is 0.246 e. The Kier molecular flexibility index (Phi) is 4.90. The summed E-state index contributed by atoms with van der Waals surface area (Å²) in [6, 6.07) is 0.494. The van der Waals surface area contributed by atoms with Crippen molar-refractivity contribution in [2.75, 3.05) is 19.7 Å². The van der Waals surface area contributed by atoms with Crippen LogP contribution in [0.1, 0.15) is 33.1 Å². The normalized spacial score (nSPS) is 16.6. The Morgan fingerprint density at radius 2 is 2.36 bits per heavy atom. The number of carbonyl (C=O) groups is 1. The van der Waals surface area contributed by atoms with E-state index in [1.807, 2.05) is 0 Å². The number of hydrogen-bond donors (Lipinski definition) is 1. The lowest BCUT2D eigenvalue weighted by molar-refractivity contribution is -0.168. The van der Waals surface area contributed by atoms with Crippen molar-refractivity contribution in [3.63, 3.8) is 0 Å². The molecule has 82 valence electrons. The molecule has 4 heteroatoms. The molecule has 0 bridgehead atoms. The van der Waals surface area contributed by atoms with Crippen LogP contribution in [-0.2, 0) is 9.63 Å². The fraction of sp³-hybridized carbons (Fsp3) is 0.900. The first-order valence-corrected chi connectivity index (χ1v) is 5.37. The molecule has 0 aromatic rings. The van der Waals surface area contributed by atoms with Crippen LogP contribution in [0.2, 0.25) is 0 Å². The van der Waals surface area contributed by atoms with Crippen molar-refractivity contribution in [3.8, 4) is 0 Å². The number of hydrogen-bond acceptors (Lipinski definition) is 3. The first kappa shape index (κ1) is 11.5. The fourth-order valence-electron chi connectivity index (χ4n) is 1.40. The third-order valence-electron chi connectivity index (χ3n) is 2.15. The van der Waals surface area contributed by atoms with E-state index in [2.05, 4.69) is 19.2 Å². The fourth-order valence-corrected chi connectivity index (χ4v) is 1.40. The molecule has 1 amide bonds. The van der Waals surface area contributed by atoms with Crippen LogP contribution in [-0.4, -0.2) is 36.7 Å². The van der Waals surface area contributed by atoms with Crippen LogP contribution in [0.4, 0.5) is 0 Å². The maximum atomic E-state index is 11.5. The van der Waals surface area contributed by atoms with Gasteiger partial charge in [0.15, 0.2) is 0 Å². The molecule has 1 N–H and O–H groups in total. The standard InChI is InChI=1S/C10H20N2O2/c1-9(2)11-6-3-5-10(13)12-7-4-8-14-12/h9,11H,3-8H2,1-2H3. The van der Waals surface area contributed by atoms with E-state index in [0.717, 1.165) is 25.9 Å². The lowest BCUT2D eigenvalue weighted by Crippen LogP contribution is -2.28. The molecule has 0 radical (unpaired) electrons. The molecule has 1 heterocycles. The summed E-state index contributed by atoms with van der Waals surface area (Å²) in [4.78, 5) is 16.6. The molecule has 1 saturated heterocycles. The average molecular weight is 200 g/mol. The van der Waals surface area contributed by atoms with Gasteiger partial charge in [-0.2, -0.15) is 0 Å². The number of nitrogens with zero attached hydrogens (tertiary/aromatic N) is 1. The highest BCUT2D eigenvalue weighted by Gasteiger charge is 2.18. The van der Waals surface area contributed by atoms with Crippen LogP contribution >= 0.6 is 0 Å². The minimum absolute atomic E-state index is 0.119.